The van der Waals surface area contributed by atoms with Gasteiger partial charge in [0.15, 0.2) is 6.61 Å². The molecule has 0 aromatic heterocycles. The summed E-state index contributed by atoms with van der Waals surface area (Å²) in [6.45, 7) is 0.907. The van der Waals surface area contributed by atoms with E-state index in [4.69, 9.17) is 4.84 Å². The van der Waals surface area contributed by atoms with Crippen molar-refractivity contribution in [2.75, 3.05) is 51.8 Å². The first-order chi connectivity index (χ1) is 16.3. The fraction of sp³-hybridized carbons (Fsp3) is 0.280. The molecule has 1 fully saturated rings. The van der Waals surface area contributed by atoms with Crippen LogP contribution < -0.4 is 4.90 Å². The van der Waals surface area contributed by atoms with Crippen molar-refractivity contribution in [3.05, 3.63) is 72.3 Å². The van der Waals surface area contributed by atoms with Crippen LogP contribution in [0.15, 0.2) is 76.8 Å². The Hall–Kier alpha value is -3.43. The van der Waals surface area contributed by atoms with Gasteiger partial charge in [0.1, 0.15) is 0 Å². The molecule has 0 aliphatic carbocycles. The van der Waals surface area contributed by atoms with Crippen LogP contribution in [0.2, 0.25) is 0 Å². The molecule has 4 rings (SSSR count). The van der Waals surface area contributed by atoms with Crippen LogP contribution in [0.1, 0.15) is 5.56 Å². The number of nitrogens with zero attached hydrogens (tertiary/aromatic N) is 4. The number of fused-ring (bicyclic) bond motifs is 1. The summed E-state index contributed by atoms with van der Waals surface area (Å²) in [7, 11) is 0.312. The molecule has 0 bridgehead atoms. The van der Waals surface area contributed by atoms with Gasteiger partial charge >= 0.3 is 0 Å². The van der Waals surface area contributed by atoms with Gasteiger partial charge in [-0.25, -0.2) is 8.42 Å². The van der Waals surface area contributed by atoms with E-state index in [9.17, 15) is 13.2 Å². The lowest BCUT2D eigenvalue weighted by Gasteiger charge is -2.33. The molecule has 0 spiro atoms. The van der Waals surface area contributed by atoms with Crippen LogP contribution in [0, 0.1) is 0 Å². The average molecular weight is 481 g/mol. The molecule has 3 aromatic rings. The molecular formula is C25H28N4O4S. The van der Waals surface area contributed by atoms with E-state index in [2.05, 4.69) is 5.16 Å². The molecule has 9 heteroatoms. The van der Waals surface area contributed by atoms with Gasteiger partial charge in [0.05, 0.1) is 11.1 Å². The highest BCUT2D eigenvalue weighted by Crippen LogP contribution is 2.23. The number of sulfonamides is 1. The molecule has 0 saturated carbocycles. The summed E-state index contributed by atoms with van der Waals surface area (Å²) in [5.74, 6) is -0.220. The molecule has 1 aliphatic rings. The summed E-state index contributed by atoms with van der Waals surface area (Å²) in [6, 6.07) is 20.6. The molecule has 0 N–H and O–H groups in total. The number of oxime groups is 1. The second-order valence-corrected chi connectivity index (χ2v) is 10.2. The number of piperazine rings is 1. The maximum Gasteiger partial charge on any atom is 0.263 e. The second-order valence-electron chi connectivity index (χ2n) is 8.29. The largest absolute Gasteiger partial charge is 0.386 e. The standard InChI is InChI=1S/C25H28N4O4S/c1-27(2)23-10-7-20(8-11-23)18-26-33-19-25(30)28-13-15-29(16-14-28)34(31,32)24-12-9-21-5-3-4-6-22(21)17-24/h3-12,17-18H,13-16,19H2,1-2H3/b26-18+. The molecule has 3 aromatic carbocycles. The van der Waals surface area contributed by atoms with Gasteiger partial charge in [-0.15, -0.1) is 0 Å². The number of amides is 1. The van der Waals surface area contributed by atoms with Gasteiger partial charge in [0.25, 0.3) is 5.91 Å². The molecule has 1 heterocycles. The van der Waals surface area contributed by atoms with Crippen LogP contribution in [-0.2, 0) is 19.7 Å². The molecule has 1 aliphatic heterocycles. The highest BCUT2D eigenvalue weighted by Gasteiger charge is 2.30. The zero-order chi connectivity index (χ0) is 24.1. The SMILES string of the molecule is CN(C)c1ccc(/C=N/OCC(=O)N2CCN(S(=O)(=O)c3ccc4ccccc4c3)CC2)cc1. The minimum atomic E-state index is -3.63. The number of carbonyl (C=O) groups excluding carboxylic acids is 1. The normalized spacial score (nSPS) is 15.1. The van der Waals surface area contributed by atoms with E-state index in [1.54, 1.807) is 23.2 Å². The Morgan fingerprint density at radius 1 is 0.971 bits per heavy atom. The molecule has 34 heavy (non-hydrogen) atoms. The number of rotatable bonds is 7. The van der Waals surface area contributed by atoms with E-state index in [-0.39, 0.29) is 30.5 Å². The third-order valence-corrected chi connectivity index (χ3v) is 7.72. The minimum Gasteiger partial charge on any atom is -0.386 e. The highest BCUT2D eigenvalue weighted by molar-refractivity contribution is 7.89. The molecular weight excluding hydrogens is 452 g/mol. The first-order valence-electron chi connectivity index (χ1n) is 11.0. The number of anilines is 1. The number of benzene rings is 3. The average Bonchev–Trinajstić information content (AvgIpc) is 2.86. The second kappa shape index (κ2) is 10.2. The summed E-state index contributed by atoms with van der Waals surface area (Å²) in [5, 5.41) is 5.75. The molecule has 0 unspecified atom stereocenters. The number of hydrogen-bond acceptors (Lipinski definition) is 6. The Morgan fingerprint density at radius 2 is 1.65 bits per heavy atom. The lowest BCUT2D eigenvalue weighted by atomic mass is 10.1. The fourth-order valence-electron chi connectivity index (χ4n) is 3.80. The Morgan fingerprint density at radius 3 is 2.32 bits per heavy atom. The summed E-state index contributed by atoms with van der Waals surface area (Å²) in [6.07, 6.45) is 1.56. The quantitative estimate of drug-likeness (QED) is 0.384. The molecule has 0 atom stereocenters. The van der Waals surface area contributed by atoms with Crippen molar-refractivity contribution in [2.24, 2.45) is 5.16 Å². The first-order valence-corrected chi connectivity index (χ1v) is 12.5. The van der Waals surface area contributed by atoms with E-state index in [1.807, 2.05) is 73.6 Å². The van der Waals surface area contributed by atoms with Crippen molar-refractivity contribution in [3.63, 3.8) is 0 Å². The van der Waals surface area contributed by atoms with Crippen LogP contribution in [0.3, 0.4) is 0 Å². The van der Waals surface area contributed by atoms with Crippen molar-refractivity contribution < 1.29 is 18.0 Å². The topological polar surface area (TPSA) is 82.5 Å². The molecule has 0 radical (unpaired) electrons. The number of carbonyl (C=O) groups is 1. The van der Waals surface area contributed by atoms with E-state index < -0.39 is 10.0 Å². The van der Waals surface area contributed by atoms with Crippen LogP contribution in [0.4, 0.5) is 5.69 Å². The van der Waals surface area contributed by atoms with Crippen LogP contribution in [0.5, 0.6) is 0 Å². The smallest absolute Gasteiger partial charge is 0.263 e. The third kappa shape index (κ3) is 5.37. The van der Waals surface area contributed by atoms with Gasteiger partial charge in [-0.1, -0.05) is 47.6 Å². The van der Waals surface area contributed by atoms with E-state index >= 15 is 0 Å². The monoisotopic (exact) mass is 480 g/mol. The molecule has 1 saturated heterocycles. The van der Waals surface area contributed by atoms with Crippen molar-refractivity contribution in [1.82, 2.24) is 9.21 Å². The van der Waals surface area contributed by atoms with Crippen molar-refractivity contribution in [1.29, 1.82) is 0 Å². The number of hydrogen-bond donors (Lipinski definition) is 0. The minimum absolute atomic E-state index is 0.191. The summed E-state index contributed by atoms with van der Waals surface area (Å²) in [5.41, 5.74) is 1.94. The third-order valence-electron chi connectivity index (χ3n) is 5.82. The zero-order valence-electron chi connectivity index (χ0n) is 19.3. The molecule has 178 valence electrons. The Balaban J connectivity index is 1.28. The summed E-state index contributed by atoms with van der Waals surface area (Å²) < 4.78 is 27.6. The lowest BCUT2D eigenvalue weighted by Crippen LogP contribution is -2.51. The Bertz CT molecular complexity index is 1280. The predicted octanol–water partition coefficient (Wildman–Crippen LogP) is 2.79. The van der Waals surface area contributed by atoms with Crippen LogP contribution in [0.25, 0.3) is 10.8 Å². The molecule has 1 amide bonds. The lowest BCUT2D eigenvalue weighted by molar-refractivity contribution is -0.137. The Kier molecular flexibility index (Phi) is 7.14. The van der Waals surface area contributed by atoms with E-state index in [0.29, 0.717) is 13.1 Å². The molecule has 8 nitrogen and oxygen atoms in total. The van der Waals surface area contributed by atoms with Crippen molar-refractivity contribution in [3.8, 4) is 0 Å². The van der Waals surface area contributed by atoms with Crippen LogP contribution >= 0.6 is 0 Å². The van der Waals surface area contributed by atoms with Gasteiger partial charge in [0.2, 0.25) is 10.0 Å². The zero-order valence-corrected chi connectivity index (χ0v) is 20.1. The first kappa shape index (κ1) is 23.7. The highest BCUT2D eigenvalue weighted by atomic mass is 32.2. The maximum atomic E-state index is 13.1. The van der Waals surface area contributed by atoms with Gasteiger partial charge in [-0.2, -0.15) is 4.31 Å². The van der Waals surface area contributed by atoms with E-state index in [0.717, 1.165) is 22.0 Å². The predicted molar refractivity (Wildman–Crippen MR) is 134 cm³/mol. The van der Waals surface area contributed by atoms with Gasteiger partial charge in [-0.05, 0) is 40.6 Å². The van der Waals surface area contributed by atoms with Gasteiger partial charge < -0.3 is 14.6 Å². The van der Waals surface area contributed by atoms with Crippen molar-refractivity contribution >= 4 is 38.6 Å². The van der Waals surface area contributed by atoms with Crippen molar-refractivity contribution in [2.45, 2.75) is 4.90 Å². The van der Waals surface area contributed by atoms with Gasteiger partial charge in [0, 0.05) is 46.0 Å². The Labute approximate surface area is 200 Å². The maximum absolute atomic E-state index is 13.1. The summed E-state index contributed by atoms with van der Waals surface area (Å²) >= 11 is 0. The van der Waals surface area contributed by atoms with Crippen LogP contribution in [-0.4, -0.2) is 76.6 Å². The van der Waals surface area contributed by atoms with E-state index in [1.165, 1.54) is 4.31 Å². The summed E-state index contributed by atoms with van der Waals surface area (Å²) in [4.78, 5) is 21.5. The fourth-order valence-corrected chi connectivity index (χ4v) is 5.25. The van der Waals surface area contributed by atoms with Gasteiger partial charge in [-0.3, -0.25) is 4.79 Å².